The first-order chi connectivity index (χ1) is 15.0. The van der Waals surface area contributed by atoms with E-state index in [0.29, 0.717) is 18.0 Å². The zero-order chi connectivity index (χ0) is 22.0. The standard InChI is InChI=1S/C20H25N5O6/c1-29-7-8-30-15-14(27)13(9-26)31-19(15)25-11-23-16-18(25)22-10-24-20(16,21)17(28)12-5-3-2-4-6-12/h2-6,10,13-15,19,26-27H,7-9,11,21H2,1H3/t13-,14-,15-,19-,20?/m1/s1. The van der Waals surface area contributed by atoms with Gasteiger partial charge >= 0.3 is 0 Å². The number of methoxy groups -OCH3 is 1. The highest BCUT2D eigenvalue weighted by Gasteiger charge is 2.53. The molecule has 11 nitrogen and oxygen atoms in total. The Hall–Kier alpha value is -2.54. The zero-order valence-corrected chi connectivity index (χ0v) is 17.0. The normalized spacial score (nSPS) is 32.1. The largest absolute Gasteiger partial charge is 0.394 e. The maximum absolute atomic E-state index is 13.1. The Kier molecular flexibility index (Phi) is 6.23. The van der Waals surface area contributed by atoms with Crippen molar-refractivity contribution in [3.63, 3.8) is 0 Å². The van der Waals surface area contributed by atoms with Gasteiger partial charge in [-0.15, -0.1) is 0 Å². The van der Waals surface area contributed by atoms with E-state index >= 15 is 0 Å². The van der Waals surface area contributed by atoms with E-state index in [1.165, 1.54) is 6.34 Å². The Labute approximate surface area is 178 Å². The SMILES string of the molecule is COCCO[C@@H]1[C@H](O)[C@@H](CO)O[C@H]1N1CN=C2C1=NC=NC2(N)C(=O)c1ccccc1. The van der Waals surface area contributed by atoms with E-state index in [9.17, 15) is 15.0 Å². The number of hydrogen-bond donors (Lipinski definition) is 3. The third kappa shape index (κ3) is 3.80. The molecule has 3 heterocycles. The molecule has 4 rings (SSSR count). The van der Waals surface area contributed by atoms with Crippen molar-refractivity contribution in [2.75, 3.05) is 33.6 Å². The highest BCUT2D eigenvalue weighted by Crippen LogP contribution is 2.31. The second-order valence-electron chi connectivity index (χ2n) is 7.34. The van der Waals surface area contributed by atoms with Crippen LogP contribution in [0.15, 0.2) is 45.3 Å². The van der Waals surface area contributed by atoms with Gasteiger partial charge in [0.05, 0.1) is 19.8 Å². The first-order valence-electron chi connectivity index (χ1n) is 9.88. The number of nitrogens with zero attached hydrogens (tertiary/aromatic N) is 4. The molecule has 0 spiro atoms. The van der Waals surface area contributed by atoms with E-state index in [1.54, 1.807) is 42.3 Å². The molecule has 0 bridgehead atoms. The Morgan fingerprint density at radius 2 is 2.13 bits per heavy atom. The molecule has 1 aromatic rings. The van der Waals surface area contributed by atoms with Gasteiger partial charge in [0.25, 0.3) is 0 Å². The van der Waals surface area contributed by atoms with Gasteiger partial charge in [-0.25, -0.2) is 9.98 Å². The molecule has 0 radical (unpaired) electrons. The molecule has 1 saturated heterocycles. The topological polar surface area (TPSA) is 152 Å². The number of fused-ring (bicyclic) bond motifs is 1. The summed E-state index contributed by atoms with van der Waals surface area (Å²) < 4.78 is 16.6. The molecule has 11 heteroatoms. The van der Waals surface area contributed by atoms with Crippen molar-refractivity contribution in [1.29, 1.82) is 0 Å². The number of aliphatic hydroxyl groups excluding tert-OH is 2. The second-order valence-corrected chi connectivity index (χ2v) is 7.34. The van der Waals surface area contributed by atoms with Crippen LogP contribution in [0.1, 0.15) is 10.4 Å². The molecule has 4 N–H and O–H groups in total. The highest BCUT2D eigenvalue weighted by molar-refractivity contribution is 6.52. The number of carbonyl (C=O) groups is 1. The highest BCUT2D eigenvalue weighted by atomic mass is 16.6. The van der Waals surface area contributed by atoms with Gasteiger partial charge in [0.2, 0.25) is 11.4 Å². The fourth-order valence-electron chi connectivity index (χ4n) is 3.83. The molecule has 3 aliphatic rings. The van der Waals surface area contributed by atoms with Crippen molar-refractivity contribution in [3.8, 4) is 0 Å². The van der Waals surface area contributed by atoms with Crippen LogP contribution in [0, 0.1) is 0 Å². The number of ketones is 1. The van der Waals surface area contributed by atoms with Gasteiger partial charge in [-0.05, 0) is 0 Å². The first kappa shape index (κ1) is 21.7. The fraction of sp³-hybridized carbons (Fsp3) is 0.500. The predicted molar refractivity (Wildman–Crippen MR) is 111 cm³/mol. The van der Waals surface area contributed by atoms with Gasteiger partial charge in [0, 0.05) is 12.7 Å². The van der Waals surface area contributed by atoms with Gasteiger partial charge in [0.1, 0.15) is 37.0 Å². The Balaban J connectivity index is 1.58. The van der Waals surface area contributed by atoms with Crippen LogP contribution in [-0.2, 0) is 14.2 Å². The fourth-order valence-corrected chi connectivity index (χ4v) is 3.83. The van der Waals surface area contributed by atoms with Crippen LogP contribution in [-0.4, -0.2) is 103 Å². The molecular formula is C20H25N5O6. The average molecular weight is 431 g/mol. The number of hydrogen-bond acceptors (Lipinski definition) is 11. The molecule has 0 aliphatic carbocycles. The van der Waals surface area contributed by atoms with E-state index in [1.807, 2.05) is 0 Å². The molecular weight excluding hydrogens is 406 g/mol. The Bertz CT molecular complexity index is 907. The van der Waals surface area contributed by atoms with Gasteiger partial charge < -0.3 is 29.3 Å². The van der Waals surface area contributed by atoms with Crippen molar-refractivity contribution in [3.05, 3.63) is 35.9 Å². The van der Waals surface area contributed by atoms with E-state index in [-0.39, 0.29) is 25.6 Å². The lowest BCUT2D eigenvalue weighted by atomic mass is 9.93. The van der Waals surface area contributed by atoms with Gasteiger partial charge in [-0.3, -0.25) is 15.5 Å². The van der Waals surface area contributed by atoms with Crippen molar-refractivity contribution in [1.82, 2.24) is 4.90 Å². The number of rotatable bonds is 8. The van der Waals surface area contributed by atoms with Crippen LogP contribution in [0.25, 0.3) is 0 Å². The molecule has 0 aromatic heterocycles. The zero-order valence-electron chi connectivity index (χ0n) is 17.0. The minimum Gasteiger partial charge on any atom is -0.394 e. The van der Waals surface area contributed by atoms with Gasteiger partial charge in [0.15, 0.2) is 12.1 Å². The van der Waals surface area contributed by atoms with Crippen LogP contribution in [0.4, 0.5) is 0 Å². The van der Waals surface area contributed by atoms with Crippen LogP contribution >= 0.6 is 0 Å². The van der Waals surface area contributed by atoms with E-state index in [4.69, 9.17) is 19.9 Å². The molecule has 3 aliphatic heterocycles. The molecule has 1 fully saturated rings. The van der Waals surface area contributed by atoms with E-state index < -0.39 is 36.0 Å². The molecule has 1 unspecified atom stereocenters. The van der Waals surface area contributed by atoms with Crippen molar-refractivity contribution in [2.24, 2.45) is 20.7 Å². The lowest BCUT2D eigenvalue weighted by molar-refractivity contribution is -0.0928. The third-order valence-electron chi connectivity index (χ3n) is 5.45. The number of amidine groups is 1. The number of ether oxygens (including phenoxy) is 3. The monoisotopic (exact) mass is 431 g/mol. The molecule has 0 amide bonds. The summed E-state index contributed by atoms with van der Waals surface area (Å²) in [6.07, 6.45) is -2.27. The summed E-state index contributed by atoms with van der Waals surface area (Å²) in [5, 5.41) is 20.1. The summed E-state index contributed by atoms with van der Waals surface area (Å²) in [6, 6.07) is 8.60. The minimum absolute atomic E-state index is 0.0816. The van der Waals surface area contributed by atoms with E-state index in [2.05, 4.69) is 15.0 Å². The summed E-state index contributed by atoms with van der Waals surface area (Å²) in [5.74, 6) is -0.0937. The number of benzene rings is 1. The van der Waals surface area contributed by atoms with E-state index in [0.717, 1.165) is 0 Å². The van der Waals surface area contributed by atoms with Crippen LogP contribution in [0.3, 0.4) is 0 Å². The number of nitrogens with two attached hydrogens (primary N) is 1. The van der Waals surface area contributed by atoms with Crippen molar-refractivity contribution >= 4 is 23.7 Å². The summed E-state index contributed by atoms with van der Waals surface area (Å²) in [7, 11) is 1.54. The Morgan fingerprint density at radius 1 is 1.35 bits per heavy atom. The summed E-state index contributed by atoms with van der Waals surface area (Å²) in [5.41, 5.74) is 5.32. The first-order valence-corrected chi connectivity index (χ1v) is 9.88. The quantitative estimate of drug-likeness (QED) is 0.342. The molecule has 31 heavy (non-hydrogen) atoms. The molecule has 5 atom stereocenters. The Morgan fingerprint density at radius 3 is 2.84 bits per heavy atom. The van der Waals surface area contributed by atoms with Gasteiger partial charge in [-0.1, -0.05) is 30.3 Å². The number of aliphatic hydroxyl groups is 2. The van der Waals surface area contributed by atoms with Crippen LogP contribution in [0.5, 0.6) is 0 Å². The maximum atomic E-state index is 13.1. The van der Waals surface area contributed by atoms with Crippen LogP contribution in [0.2, 0.25) is 0 Å². The smallest absolute Gasteiger partial charge is 0.219 e. The maximum Gasteiger partial charge on any atom is 0.219 e. The van der Waals surface area contributed by atoms with Gasteiger partial charge in [-0.2, -0.15) is 0 Å². The summed E-state index contributed by atoms with van der Waals surface area (Å²) in [4.78, 5) is 27.7. The third-order valence-corrected chi connectivity index (χ3v) is 5.45. The number of carbonyl (C=O) groups excluding carboxylic acids is 1. The molecule has 0 saturated carbocycles. The van der Waals surface area contributed by atoms with Crippen molar-refractivity contribution in [2.45, 2.75) is 30.2 Å². The lowest BCUT2D eigenvalue weighted by Crippen LogP contribution is -2.59. The molecule has 1 aromatic carbocycles. The minimum atomic E-state index is -1.73. The number of aliphatic imine (C=N–C) groups is 3. The summed E-state index contributed by atoms with van der Waals surface area (Å²) >= 11 is 0. The number of Topliss-reactive ketones (excluding diaryl/α,β-unsaturated/α-hetero) is 1. The van der Waals surface area contributed by atoms with Crippen molar-refractivity contribution < 1.29 is 29.2 Å². The second kappa shape index (κ2) is 8.91. The predicted octanol–water partition coefficient (Wildman–Crippen LogP) is -1.21. The average Bonchev–Trinajstić information content (AvgIpc) is 3.36. The summed E-state index contributed by atoms with van der Waals surface area (Å²) in [6.45, 7) is 0.244. The molecule has 166 valence electrons. The lowest BCUT2D eigenvalue weighted by Gasteiger charge is -2.33. The van der Waals surface area contributed by atoms with Crippen LogP contribution < -0.4 is 5.73 Å².